The zero-order chi connectivity index (χ0) is 11.3. The summed E-state index contributed by atoms with van der Waals surface area (Å²) in [7, 11) is 0. The van der Waals surface area contributed by atoms with E-state index in [9.17, 15) is 9.59 Å². The van der Waals surface area contributed by atoms with Crippen LogP contribution < -0.4 is 5.32 Å². The zero-order valence-electron chi connectivity index (χ0n) is 8.38. The number of hydrogen-bond donors (Lipinski definition) is 2. The molecule has 1 aromatic rings. The van der Waals surface area contributed by atoms with Gasteiger partial charge in [-0.2, -0.15) is 0 Å². The van der Waals surface area contributed by atoms with E-state index in [1.165, 1.54) is 0 Å². The third-order valence-corrected chi connectivity index (χ3v) is 2.34. The summed E-state index contributed by atoms with van der Waals surface area (Å²) in [5, 5.41) is 11.2. The van der Waals surface area contributed by atoms with Gasteiger partial charge in [0.15, 0.2) is 0 Å². The minimum absolute atomic E-state index is 0.256. The van der Waals surface area contributed by atoms with E-state index >= 15 is 0 Å². The molecule has 4 heteroatoms. The number of carboxylic acids is 1. The quantitative estimate of drug-likeness (QED) is 0.707. The maximum atomic E-state index is 10.9. The number of amides is 1. The largest absolute Gasteiger partial charge is 0.480 e. The Hall–Kier alpha value is -1.84. The highest BCUT2D eigenvalue weighted by Gasteiger charge is 2.24. The lowest BCUT2D eigenvalue weighted by Crippen LogP contribution is -2.39. The molecular formula is C11H13NO3. The number of nitrogens with one attached hydrogen (secondary N) is 1. The molecule has 0 aliphatic rings. The third-order valence-electron chi connectivity index (χ3n) is 2.34. The fourth-order valence-electron chi connectivity index (χ4n) is 1.45. The summed E-state index contributed by atoms with van der Waals surface area (Å²) in [5.41, 5.74) is 0.888. The van der Waals surface area contributed by atoms with Crippen LogP contribution in [0.15, 0.2) is 30.3 Å². The maximum Gasteiger partial charge on any atom is 0.326 e. The first kappa shape index (κ1) is 11.2. The van der Waals surface area contributed by atoms with Crippen LogP contribution >= 0.6 is 0 Å². The van der Waals surface area contributed by atoms with E-state index in [0.29, 0.717) is 6.41 Å². The van der Waals surface area contributed by atoms with Gasteiger partial charge in [0.1, 0.15) is 6.04 Å². The molecule has 15 heavy (non-hydrogen) atoms. The highest BCUT2D eigenvalue weighted by molar-refractivity contribution is 5.77. The van der Waals surface area contributed by atoms with Crippen LogP contribution in [-0.2, 0) is 9.59 Å². The van der Waals surface area contributed by atoms with Crippen molar-refractivity contribution in [2.45, 2.75) is 18.9 Å². The SMILES string of the molecule is CC(c1ccccc1)C(NC=O)C(=O)O. The second-order valence-corrected chi connectivity index (χ2v) is 3.30. The summed E-state index contributed by atoms with van der Waals surface area (Å²) in [6, 6.07) is 8.33. The number of aliphatic carboxylic acids is 1. The monoisotopic (exact) mass is 207 g/mol. The summed E-state index contributed by atoms with van der Waals surface area (Å²) in [6.45, 7) is 1.77. The Morgan fingerprint density at radius 2 is 2.00 bits per heavy atom. The van der Waals surface area contributed by atoms with Crippen molar-refractivity contribution in [2.24, 2.45) is 0 Å². The molecular weight excluding hydrogens is 194 g/mol. The Kier molecular flexibility index (Phi) is 3.85. The summed E-state index contributed by atoms with van der Waals surface area (Å²) < 4.78 is 0. The van der Waals surface area contributed by atoms with Crippen molar-refractivity contribution in [3.05, 3.63) is 35.9 Å². The number of carbonyl (C=O) groups is 2. The highest BCUT2D eigenvalue weighted by Crippen LogP contribution is 2.18. The van der Waals surface area contributed by atoms with Gasteiger partial charge in [0, 0.05) is 5.92 Å². The van der Waals surface area contributed by atoms with Crippen LogP contribution in [0.5, 0.6) is 0 Å². The highest BCUT2D eigenvalue weighted by atomic mass is 16.4. The Bertz CT molecular complexity index is 337. The van der Waals surface area contributed by atoms with Crippen molar-refractivity contribution in [3.63, 3.8) is 0 Å². The molecule has 2 N–H and O–H groups in total. The Morgan fingerprint density at radius 1 is 1.40 bits per heavy atom. The fraction of sp³-hybridized carbons (Fsp3) is 0.273. The Balaban J connectivity index is 2.85. The Morgan fingerprint density at radius 3 is 2.47 bits per heavy atom. The molecule has 1 aromatic carbocycles. The van der Waals surface area contributed by atoms with Crippen LogP contribution in [0.1, 0.15) is 18.4 Å². The van der Waals surface area contributed by atoms with Crippen LogP contribution in [-0.4, -0.2) is 23.5 Å². The molecule has 1 rings (SSSR count). The number of rotatable bonds is 5. The molecule has 2 atom stereocenters. The first-order valence-corrected chi connectivity index (χ1v) is 4.64. The van der Waals surface area contributed by atoms with Crippen molar-refractivity contribution >= 4 is 12.4 Å². The lowest BCUT2D eigenvalue weighted by Gasteiger charge is -2.19. The van der Waals surface area contributed by atoms with Crippen LogP contribution in [0.3, 0.4) is 0 Å². The van der Waals surface area contributed by atoms with Crippen LogP contribution in [0.2, 0.25) is 0 Å². The average molecular weight is 207 g/mol. The smallest absolute Gasteiger partial charge is 0.326 e. The lowest BCUT2D eigenvalue weighted by atomic mass is 9.93. The maximum absolute atomic E-state index is 10.9. The number of carbonyl (C=O) groups excluding carboxylic acids is 1. The molecule has 0 bridgehead atoms. The normalized spacial score (nSPS) is 13.9. The summed E-state index contributed by atoms with van der Waals surface area (Å²) in [6.07, 6.45) is 0.415. The van der Waals surface area contributed by atoms with Crippen molar-refractivity contribution in [3.8, 4) is 0 Å². The van der Waals surface area contributed by atoms with Gasteiger partial charge >= 0.3 is 5.97 Å². The van der Waals surface area contributed by atoms with Gasteiger partial charge in [-0.05, 0) is 5.56 Å². The molecule has 0 saturated carbocycles. The number of hydrogen-bond acceptors (Lipinski definition) is 2. The van der Waals surface area contributed by atoms with E-state index in [1.54, 1.807) is 6.92 Å². The third kappa shape index (κ3) is 2.80. The molecule has 0 aliphatic carbocycles. The van der Waals surface area contributed by atoms with Crippen LogP contribution in [0.25, 0.3) is 0 Å². The lowest BCUT2D eigenvalue weighted by molar-refractivity contribution is -0.141. The molecule has 0 aromatic heterocycles. The van der Waals surface area contributed by atoms with Gasteiger partial charge in [-0.1, -0.05) is 37.3 Å². The van der Waals surface area contributed by atoms with Crippen molar-refractivity contribution in [1.82, 2.24) is 5.32 Å². The molecule has 0 spiro atoms. The van der Waals surface area contributed by atoms with Crippen molar-refractivity contribution in [2.75, 3.05) is 0 Å². The van der Waals surface area contributed by atoms with E-state index in [4.69, 9.17) is 5.11 Å². The Labute approximate surface area is 87.9 Å². The number of carboxylic acid groups (broad SMARTS) is 1. The summed E-state index contributed by atoms with van der Waals surface area (Å²) >= 11 is 0. The molecule has 0 radical (unpaired) electrons. The van der Waals surface area contributed by atoms with Crippen LogP contribution in [0.4, 0.5) is 0 Å². The minimum atomic E-state index is -1.03. The van der Waals surface area contributed by atoms with E-state index in [-0.39, 0.29) is 5.92 Å². The van der Waals surface area contributed by atoms with Crippen LogP contribution in [0, 0.1) is 0 Å². The predicted octanol–water partition coefficient (Wildman–Crippen LogP) is 0.989. The van der Waals surface area contributed by atoms with Gasteiger partial charge in [-0.15, -0.1) is 0 Å². The van der Waals surface area contributed by atoms with Gasteiger partial charge in [0.05, 0.1) is 0 Å². The average Bonchev–Trinajstić information content (AvgIpc) is 2.26. The van der Waals surface area contributed by atoms with Gasteiger partial charge in [0.25, 0.3) is 0 Å². The molecule has 0 aliphatic heterocycles. The summed E-state index contributed by atoms with van der Waals surface area (Å²) in [5.74, 6) is -1.28. The first-order valence-electron chi connectivity index (χ1n) is 4.64. The zero-order valence-corrected chi connectivity index (χ0v) is 8.38. The van der Waals surface area contributed by atoms with Gasteiger partial charge in [-0.25, -0.2) is 4.79 Å². The predicted molar refractivity (Wildman–Crippen MR) is 55.5 cm³/mol. The van der Waals surface area contributed by atoms with E-state index in [1.807, 2.05) is 30.3 Å². The molecule has 0 heterocycles. The minimum Gasteiger partial charge on any atom is -0.480 e. The number of benzene rings is 1. The molecule has 80 valence electrons. The first-order chi connectivity index (χ1) is 7.16. The molecule has 2 unspecified atom stereocenters. The van der Waals surface area contributed by atoms with Crippen molar-refractivity contribution < 1.29 is 14.7 Å². The summed E-state index contributed by atoms with van der Waals surface area (Å²) in [4.78, 5) is 21.2. The molecule has 1 amide bonds. The topological polar surface area (TPSA) is 66.4 Å². The molecule has 0 saturated heterocycles. The van der Waals surface area contributed by atoms with E-state index in [0.717, 1.165) is 5.56 Å². The standard InChI is InChI=1S/C11H13NO3/c1-8(9-5-3-2-4-6-9)10(11(14)15)12-7-13/h2-8,10H,1H3,(H,12,13)(H,14,15). The van der Waals surface area contributed by atoms with Gasteiger partial charge < -0.3 is 10.4 Å². The molecule has 0 fully saturated rings. The van der Waals surface area contributed by atoms with Gasteiger partial charge in [0.2, 0.25) is 6.41 Å². The van der Waals surface area contributed by atoms with Crippen molar-refractivity contribution in [1.29, 1.82) is 0 Å². The fourth-order valence-corrected chi connectivity index (χ4v) is 1.45. The van der Waals surface area contributed by atoms with E-state index in [2.05, 4.69) is 5.32 Å². The molecule has 4 nitrogen and oxygen atoms in total. The van der Waals surface area contributed by atoms with Gasteiger partial charge in [-0.3, -0.25) is 4.79 Å². The second-order valence-electron chi connectivity index (χ2n) is 3.30. The van der Waals surface area contributed by atoms with E-state index < -0.39 is 12.0 Å². The second kappa shape index (κ2) is 5.14.